The molecule has 24 heavy (non-hydrogen) atoms. The van der Waals surface area contributed by atoms with Crippen molar-refractivity contribution in [2.24, 2.45) is 0 Å². The molecule has 0 fully saturated rings. The summed E-state index contributed by atoms with van der Waals surface area (Å²) in [7, 11) is 0. The third-order valence-corrected chi connectivity index (χ3v) is 4.42. The SMILES string of the molecule is C[CH+]CCCCCCCCCCCCCOc1ccc(C=O)cc1. The van der Waals surface area contributed by atoms with Crippen molar-refractivity contribution in [3.63, 3.8) is 0 Å². The fraction of sp³-hybridized carbons (Fsp3) is 0.636. The van der Waals surface area contributed by atoms with Gasteiger partial charge in [0, 0.05) is 5.56 Å². The van der Waals surface area contributed by atoms with Crippen LogP contribution in [-0.4, -0.2) is 12.9 Å². The number of hydrogen-bond acceptors (Lipinski definition) is 2. The van der Waals surface area contributed by atoms with E-state index in [0.29, 0.717) is 5.56 Å². The van der Waals surface area contributed by atoms with E-state index in [4.69, 9.17) is 4.74 Å². The van der Waals surface area contributed by atoms with E-state index in [1.54, 1.807) is 12.1 Å². The Labute approximate surface area is 149 Å². The molecule has 0 aliphatic carbocycles. The van der Waals surface area contributed by atoms with Crippen molar-refractivity contribution in [2.75, 3.05) is 6.61 Å². The minimum Gasteiger partial charge on any atom is -0.494 e. The average Bonchev–Trinajstić information content (AvgIpc) is 2.62. The smallest absolute Gasteiger partial charge is 0.150 e. The molecule has 0 aliphatic heterocycles. The molecule has 0 atom stereocenters. The first-order valence-corrected chi connectivity index (χ1v) is 9.82. The van der Waals surface area contributed by atoms with Gasteiger partial charge in [0.15, 0.2) is 0 Å². The van der Waals surface area contributed by atoms with Gasteiger partial charge in [-0.3, -0.25) is 4.79 Å². The maximum absolute atomic E-state index is 10.6. The highest BCUT2D eigenvalue weighted by molar-refractivity contribution is 5.74. The van der Waals surface area contributed by atoms with E-state index in [9.17, 15) is 4.79 Å². The fourth-order valence-corrected chi connectivity index (χ4v) is 2.87. The summed E-state index contributed by atoms with van der Waals surface area (Å²) in [5.41, 5.74) is 0.696. The van der Waals surface area contributed by atoms with E-state index in [-0.39, 0.29) is 0 Å². The first-order chi connectivity index (χ1) is 11.9. The molecular formula is C22H35O2+. The Morgan fingerprint density at radius 2 is 1.29 bits per heavy atom. The largest absolute Gasteiger partial charge is 0.494 e. The Morgan fingerprint density at radius 1 is 0.792 bits per heavy atom. The number of hydrogen-bond donors (Lipinski definition) is 0. The van der Waals surface area contributed by atoms with Crippen LogP contribution in [0.3, 0.4) is 0 Å². The summed E-state index contributed by atoms with van der Waals surface area (Å²) in [6.07, 6.45) is 19.3. The summed E-state index contributed by atoms with van der Waals surface area (Å²) in [4.78, 5) is 10.6. The van der Waals surface area contributed by atoms with E-state index in [1.807, 2.05) is 12.1 Å². The molecule has 2 nitrogen and oxygen atoms in total. The number of ether oxygens (including phenoxy) is 1. The van der Waals surface area contributed by atoms with Crippen molar-refractivity contribution >= 4 is 6.29 Å². The minimum absolute atomic E-state index is 0.696. The Hall–Kier alpha value is -1.44. The molecule has 0 radical (unpaired) electrons. The molecule has 0 unspecified atom stereocenters. The van der Waals surface area contributed by atoms with Crippen LogP contribution in [0.4, 0.5) is 0 Å². The Morgan fingerprint density at radius 3 is 1.79 bits per heavy atom. The first-order valence-electron chi connectivity index (χ1n) is 9.82. The van der Waals surface area contributed by atoms with Crippen molar-refractivity contribution in [1.82, 2.24) is 0 Å². The topological polar surface area (TPSA) is 26.3 Å². The standard InChI is InChI=1S/C22H35O2/c1-2-3-4-5-6-7-8-9-10-11-12-13-14-19-24-22-17-15-21(20-23)16-18-22/h2,15-18,20H,3-14,19H2,1H3/q+1. The van der Waals surface area contributed by atoms with Gasteiger partial charge >= 0.3 is 0 Å². The summed E-state index contributed by atoms with van der Waals surface area (Å²) in [5, 5.41) is 0. The normalized spacial score (nSPS) is 10.5. The fourth-order valence-electron chi connectivity index (χ4n) is 2.87. The van der Waals surface area contributed by atoms with Crippen molar-refractivity contribution in [3.8, 4) is 5.75 Å². The summed E-state index contributed by atoms with van der Waals surface area (Å²) in [5.74, 6) is 0.859. The summed E-state index contributed by atoms with van der Waals surface area (Å²) < 4.78 is 5.69. The molecule has 0 bridgehead atoms. The number of carbonyl (C=O) groups excluding carboxylic acids is 1. The van der Waals surface area contributed by atoms with Gasteiger partial charge < -0.3 is 4.74 Å². The van der Waals surface area contributed by atoms with Gasteiger partial charge in [-0.2, -0.15) is 0 Å². The number of rotatable bonds is 16. The molecule has 0 N–H and O–H groups in total. The van der Waals surface area contributed by atoms with Crippen LogP contribution in [0.2, 0.25) is 0 Å². The van der Waals surface area contributed by atoms with Crippen LogP contribution >= 0.6 is 0 Å². The van der Waals surface area contributed by atoms with Gasteiger partial charge in [-0.25, -0.2) is 0 Å². The predicted octanol–water partition coefficient (Wildman–Crippen LogP) is 6.78. The maximum Gasteiger partial charge on any atom is 0.150 e. The van der Waals surface area contributed by atoms with E-state index in [0.717, 1.165) is 25.1 Å². The Kier molecular flexibility index (Phi) is 13.0. The zero-order chi connectivity index (χ0) is 17.3. The molecule has 0 aromatic heterocycles. The molecule has 0 aliphatic rings. The third-order valence-electron chi connectivity index (χ3n) is 4.42. The van der Waals surface area contributed by atoms with Crippen LogP contribution < -0.4 is 4.74 Å². The Bertz CT molecular complexity index is 397. The van der Waals surface area contributed by atoms with Crippen molar-refractivity contribution in [3.05, 3.63) is 36.2 Å². The highest BCUT2D eigenvalue weighted by atomic mass is 16.5. The molecule has 1 aromatic carbocycles. The van der Waals surface area contributed by atoms with Crippen LogP contribution in [0.15, 0.2) is 24.3 Å². The lowest BCUT2D eigenvalue weighted by Gasteiger charge is -2.06. The predicted molar refractivity (Wildman–Crippen MR) is 103 cm³/mol. The molecule has 0 heterocycles. The van der Waals surface area contributed by atoms with E-state index in [1.165, 1.54) is 70.6 Å². The lowest BCUT2D eigenvalue weighted by molar-refractivity contribution is 0.112. The molecule has 134 valence electrons. The van der Waals surface area contributed by atoms with Gasteiger partial charge in [-0.05, 0) is 43.5 Å². The summed E-state index contributed by atoms with van der Waals surface area (Å²) in [6, 6.07) is 7.32. The number of benzene rings is 1. The van der Waals surface area contributed by atoms with Crippen molar-refractivity contribution < 1.29 is 9.53 Å². The third kappa shape index (κ3) is 11.2. The van der Waals surface area contributed by atoms with Crippen LogP contribution in [0, 0.1) is 6.42 Å². The van der Waals surface area contributed by atoms with Gasteiger partial charge in [0.2, 0.25) is 0 Å². The summed E-state index contributed by atoms with van der Waals surface area (Å²) in [6.45, 7) is 2.92. The van der Waals surface area contributed by atoms with Gasteiger partial charge in [-0.1, -0.05) is 51.4 Å². The van der Waals surface area contributed by atoms with Gasteiger partial charge in [0.1, 0.15) is 12.0 Å². The second-order valence-corrected chi connectivity index (χ2v) is 6.62. The quantitative estimate of drug-likeness (QED) is 0.189. The monoisotopic (exact) mass is 331 g/mol. The molecule has 2 heteroatoms. The molecule has 0 spiro atoms. The lowest BCUT2D eigenvalue weighted by atomic mass is 10.0. The molecule has 0 saturated heterocycles. The van der Waals surface area contributed by atoms with Crippen LogP contribution in [0.5, 0.6) is 5.75 Å². The number of aldehydes is 1. The lowest BCUT2D eigenvalue weighted by Crippen LogP contribution is -1.97. The molecule has 0 amide bonds. The Balaban J connectivity index is 1.81. The second-order valence-electron chi connectivity index (χ2n) is 6.62. The minimum atomic E-state index is 0.696. The molecule has 0 saturated carbocycles. The van der Waals surface area contributed by atoms with E-state index >= 15 is 0 Å². The van der Waals surface area contributed by atoms with Gasteiger partial charge in [0.25, 0.3) is 0 Å². The highest BCUT2D eigenvalue weighted by Gasteiger charge is 1.97. The summed E-state index contributed by atoms with van der Waals surface area (Å²) >= 11 is 0. The molecule has 1 rings (SSSR count). The zero-order valence-corrected chi connectivity index (χ0v) is 15.5. The van der Waals surface area contributed by atoms with Crippen LogP contribution in [-0.2, 0) is 0 Å². The second kappa shape index (κ2) is 15.1. The van der Waals surface area contributed by atoms with Crippen molar-refractivity contribution in [2.45, 2.75) is 84.0 Å². The van der Waals surface area contributed by atoms with Gasteiger partial charge in [-0.15, -0.1) is 0 Å². The number of carbonyl (C=O) groups is 1. The van der Waals surface area contributed by atoms with Gasteiger partial charge in [0.05, 0.1) is 26.4 Å². The van der Waals surface area contributed by atoms with E-state index in [2.05, 4.69) is 13.3 Å². The molecule has 1 aromatic rings. The molecular weight excluding hydrogens is 296 g/mol. The zero-order valence-electron chi connectivity index (χ0n) is 15.5. The van der Waals surface area contributed by atoms with E-state index < -0.39 is 0 Å². The van der Waals surface area contributed by atoms with Crippen LogP contribution in [0.25, 0.3) is 0 Å². The first kappa shape index (κ1) is 20.6. The average molecular weight is 332 g/mol. The highest BCUT2D eigenvalue weighted by Crippen LogP contribution is 2.14. The maximum atomic E-state index is 10.6. The van der Waals surface area contributed by atoms with Crippen LogP contribution in [0.1, 0.15) is 94.3 Å². The van der Waals surface area contributed by atoms with Crippen molar-refractivity contribution in [1.29, 1.82) is 0 Å². The number of unbranched alkanes of at least 4 members (excludes halogenated alkanes) is 12.